The Balaban J connectivity index is 1.62. The standard InChI is InChI=1S/C18H12FNO3S2/c19-14-4-2-1-3-13(14)15(21)10-23-12-7-5-11(6-8-12)9-16-17(22)20-18(24)25-16/h1-9H,10H2,(H,20,22,24)/b16-9-. The number of carbonyl (C=O) groups excluding carboxylic acids is 2. The fourth-order valence-electron chi connectivity index (χ4n) is 2.15. The van der Waals surface area contributed by atoms with Crippen molar-refractivity contribution in [2.45, 2.75) is 0 Å². The molecule has 3 rings (SSSR count). The van der Waals surface area contributed by atoms with Crippen molar-refractivity contribution in [1.29, 1.82) is 0 Å². The topological polar surface area (TPSA) is 55.4 Å². The third-order valence-corrected chi connectivity index (χ3v) is 4.53. The number of thiocarbonyl (C=S) groups is 1. The summed E-state index contributed by atoms with van der Waals surface area (Å²) < 4.78 is 19.4. The lowest BCUT2D eigenvalue weighted by Gasteiger charge is -2.06. The molecule has 1 amide bonds. The first-order valence-corrected chi connectivity index (χ1v) is 8.51. The minimum absolute atomic E-state index is 0.00379. The first kappa shape index (κ1) is 17.3. The van der Waals surface area contributed by atoms with E-state index in [1.807, 2.05) is 0 Å². The summed E-state index contributed by atoms with van der Waals surface area (Å²) in [6.07, 6.45) is 1.72. The highest BCUT2D eigenvalue weighted by Gasteiger charge is 2.21. The molecule has 1 aliphatic heterocycles. The molecular weight excluding hydrogens is 361 g/mol. The van der Waals surface area contributed by atoms with E-state index < -0.39 is 11.6 Å². The van der Waals surface area contributed by atoms with E-state index in [0.717, 1.165) is 5.56 Å². The van der Waals surface area contributed by atoms with E-state index in [1.54, 1.807) is 36.4 Å². The highest BCUT2D eigenvalue weighted by Crippen LogP contribution is 2.26. The first-order chi connectivity index (χ1) is 12.0. The van der Waals surface area contributed by atoms with E-state index in [2.05, 4.69) is 5.32 Å². The van der Waals surface area contributed by atoms with Crippen LogP contribution in [0, 0.1) is 5.82 Å². The first-order valence-electron chi connectivity index (χ1n) is 7.28. The predicted molar refractivity (Wildman–Crippen MR) is 99.0 cm³/mol. The maximum Gasteiger partial charge on any atom is 0.263 e. The van der Waals surface area contributed by atoms with Crippen LogP contribution in [-0.4, -0.2) is 22.6 Å². The smallest absolute Gasteiger partial charge is 0.263 e. The summed E-state index contributed by atoms with van der Waals surface area (Å²) in [5.74, 6) is -0.739. The van der Waals surface area contributed by atoms with Gasteiger partial charge in [0.15, 0.2) is 6.61 Å². The van der Waals surface area contributed by atoms with Crippen LogP contribution >= 0.6 is 24.0 Å². The van der Waals surface area contributed by atoms with E-state index in [-0.39, 0.29) is 18.1 Å². The average molecular weight is 373 g/mol. The fraction of sp³-hybridized carbons (Fsp3) is 0.0556. The van der Waals surface area contributed by atoms with Gasteiger partial charge in [-0.3, -0.25) is 9.59 Å². The Bertz CT molecular complexity index is 878. The van der Waals surface area contributed by atoms with E-state index >= 15 is 0 Å². The second-order valence-electron chi connectivity index (χ2n) is 5.11. The molecule has 1 aliphatic rings. The van der Waals surface area contributed by atoms with Gasteiger partial charge in [-0.1, -0.05) is 48.2 Å². The lowest BCUT2D eigenvalue weighted by atomic mass is 10.1. The van der Waals surface area contributed by atoms with Gasteiger partial charge in [0.25, 0.3) is 5.91 Å². The molecular formula is C18H12FNO3S2. The summed E-state index contributed by atoms with van der Waals surface area (Å²) in [5, 5.41) is 2.55. The van der Waals surface area contributed by atoms with Crippen molar-refractivity contribution in [3.05, 3.63) is 70.4 Å². The molecule has 0 bridgehead atoms. The van der Waals surface area contributed by atoms with Crippen LogP contribution in [0.5, 0.6) is 5.75 Å². The number of ether oxygens (including phenoxy) is 1. The fourth-order valence-corrected chi connectivity index (χ4v) is 3.19. The number of benzene rings is 2. The number of carbonyl (C=O) groups is 2. The molecule has 1 fully saturated rings. The molecule has 25 heavy (non-hydrogen) atoms. The molecule has 126 valence electrons. The zero-order valence-corrected chi connectivity index (χ0v) is 14.5. The molecule has 1 heterocycles. The monoisotopic (exact) mass is 373 g/mol. The molecule has 0 saturated carbocycles. The maximum absolute atomic E-state index is 13.5. The number of rotatable bonds is 5. The van der Waals surface area contributed by atoms with E-state index in [9.17, 15) is 14.0 Å². The summed E-state index contributed by atoms with van der Waals surface area (Å²) >= 11 is 6.14. The Labute approximate surface area is 153 Å². The molecule has 1 N–H and O–H groups in total. The summed E-state index contributed by atoms with van der Waals surface area (Å²) in [5.41, 5.74) is 0.805. The van der Waals surface area contributed by atoms with Gasteiger partial charge in [0.1, 0.15) is 15.9 Å². The summed E-state index contributed by atoms with van der Waals surface area (Å²) in [7, 11) is 0. The molecule has 0 radical (unpaired) electrons. The van der Waals surface area contributed by atoms with Gasteiger partial charge in [-0.2, -0.15) is 0 Å². The summed E-state index contributed by atoms with van der Waals surface area (Å²) in [6.45, 7) is -0.256. The normalized spacial score (nSPS) is 15.3. The Morgan fingerprint density at radius 1 is 1.20 bits per heavy atom. The highest BCUT2D eigenvalue weighted by atomic mass is 32.2. The van der Waals surface area contributed by atoms with Gasteiger partial charge in [-0.25, -0.2) is 4.39 Å². The van der Waals surface area contributed by atoms with Gasteiger partial charge in [0.2, 0.25) is 5.78 Å². The van der Waals surface area contributed by atoms with Crippen molar-refractivity contribution in [3.63, 3.8) is 0 Å². The lowest BCUT2D eigenvalue weighted by Crippen LogP contribution is -2.17. The van der Waals surface area contributed by atoms with Crippen LogP contribution in [0.15, 0.2) is 53.4 Å². The SMILES string of the molecule is O=C1NC(=S)S/C1=C\c1ccc(OCC(=O)c2ccccc2F)cc1. The maximum atomic E-state index is 13.5. The van der Waals surface area contributed by atoms with Gasteiger partial charge < -0.3 is 10.1 Å². The van der Waals surface area contributed by atoms with Crippen LogP contribution in [0.4, 0.5) is 4.39 Å². The van der Waals surface area contributed by atoms with Crippen molar-refractivity contribution in [3.8, 4) is 5.75 Å². The molecule has 7 heteroatoms. The number of hydrogen-bond donors (Lipinski definition) is 1. The minimum atomic E-state index is -0.566. The minimum Gasteiger partial charge on any atom is -0.485 e. The van der Waals surface area contributed by atoms with Crippen LogP contribution in [0.2, 0.25) is 0 Å². The van der Waals surface area contributed by atoms with Gasteiger partial charge in [-0.05, 0) is 35.9 Å². The van der Waals surface area contributed by atoms with Gasteiger partial charge in [0.05, 0.1) is 10.5 Å². The number of hydrogen-bond acceptors (Lipinski definition) is 5. The van der Waals surface area contributed by atoms with Crippen LogP contribution < -0.4 is 10.1 Å². The van der Waals surface area contributed by atoms with Crippen molar-refractivity contribution >= 4 is 46.1 Å². The highest BCUT2D eigenvalue weighted by molar-refractivity contribution is 8.26. The molecule has 4 nitrogen and oxygen atoms in total. The van der Waals surface area contributed by atoms with E-state index in [4.69, 9.17) is 17.0 Å². The van der Waals surface area contributed by atoms with Crippen LogP contribution in [0.3, 0.4) is 0 Å². The van der Waals surface area contributed by atoms with Crippen molar-refractivity contribution in [2.24, 2.45) is 0 Å². The molecule has 2 aromatic rings. The van der Waals surface area contributed by atoms with Crippen LogP contribution in [0.25, 0.3) is 6.08 Å². The van der Waals surface area contributed by atoms with Gasteiger partial charge >= 0.3 is 0 Å². The number of ketones is 1. The van der Waals surface area contributed by atoms with Gasteiger partial charge in [-0.15, -0.1) is 0 Å². The second kappa shape index (κ2) is 7.58. The lowest BCUT2D eigenvalue weighted by molar-refractivity contribution is -0.115. The molecule has 0 aliphatic carbocycles. The number of thioether (sulfide) groups is 1. The quantitative estimate of drug-likeness (QED) is 0.493. The molecule has 0 unspecified atom stereocenters. The number of Topliss-reactive ketones (excluding diaryl/α,β-unsaturated/α-hetero) is 1. The van der Waals surface area contributed by atoms with E-state index in [1.165, 1.54) is 30.0 Å². The van der Waals surface area contributed by atoms with E-state index in [0.29, 0.717) is 15.0 Å². The largest absolute Gasteiger partial charge is 0.485 e. The number of halogens is 1. The van der Waals surface area contributed by atoms with Crippen molar-refractivity contribution in [1.82, 2.24) is 5.32 Å². The molecule has 0 spiro atoms. The Hall–Kier alpha value is -2.51. The molecule has 2 aromatic carbocycles. The third kappa shape index (κ3) is 4.32. The molecule has 0 aromatic heterocycles. The zero-order chi connectivity index (χ0) is 17.8. The van der Waals surface area contributed by atoms with Crippen LogP contribution in [-0.2, 0) is 4.79 Å². The zero-order valence-electron chi connectivity index (χ0n) is 12.8. The van der Waals surface area contributed by atoms with Crippen LogP contribution in [0.1, 0.15) is 15.9 Å². The van der Waals surface area contributed by atoms with Crippen molar-refractivity contribution in [2.75, 3.05) is 6.61 Å². The number of amides is 1. The molecule has 0 atom stereocenters. The second-order valence-corrected chi connectivity index (χ2v) is 6.83. The Morgan fingerprint density at radius 3 is 2.56 bits per heavy atom. The average Bonchev–Trinajstić information content (AvgIpc) is 2.91. The summed E-state index contributed by atoms with van der Waals surface area (Å²) in [6, 6.07) is 12.6. The molecule has 1 saturated heterocycles. The predicted octanol–water partition coefficient (Wildman–Crippen LogP) is 3.58. The van der Waals surface area contributed by atoms with Gasteiger partial charge in [0, 0.05) is 0 Å². The Morgan fingerprint density at radius 2 is 1.92 bits per heavy atom. The number of nitrogens with one attached hydrogen (secondary N) is 1. The summed E-state index contributed by atoms with van der Waals surface area (Å²) in [4.78, 5) is 24.1. The Kier molecular flexibility index (Phi) is 5.25. The third-order valence-electron chi connectivity index (χ3n) is 3.36. The van der Waals surface area contributed by atoms with Crippen molar-refractivity contribution < 1.29 is 18.7 Å².